The van der Waals surface area contributed by atoms with E-state index in [2.05, 4.69) is 6.92 Å². The maximum Gasteiger partial charge on any atom is 0.162 e. The molecule has 4 rings (SSSR count). The van der Waals surface area contributed by atoms with Crippen molar-refractivity contribution in [2.45, 2.75) is 70.5 Å². The molecule has 9 atom stereocenters. The molecule has 5 heteroatoms. The van der Waals surface area contributed by atoms with Crippen LogP contribution in [0.2, 0.25) is 0 Å². The van der Waals surface area contributed by atoms with Gasteiger partial charge in [0.05, 0.1) is 12.2 Å². The number of rotatable bonds is 3. The number of hydrogen-bond acceptors (Lipinski definition) is 5. The summed E-state index contributed by atoms with van der Waals surface area (Å²) in [6, 6.07) is 0. The topological polar surface area (TPSA) is 94.8 Å². The number of aliphatic hydroxyl groups is 3. The average molecular weight is 364 g/mol. The Morgan fingerprint density at radius 2 is 1.92 bits per heavy atom. The molecule has 4 fully saturated rings. The smallest absolute Gasteiger partial charge is 0.162 e. The van der Waals surface area contributed by atoms with Crippen molar-refractivity contribution in [3.05, 3.63) is 0 Å². The highest BCUT2D eigenvalue weighted by Crippen LogP contribution is 2.67. The van der Waals surface area contributed by atoms with Crippen LogP contribution in [0.5, 0.6) is 0 Å². The lowest BCUT2D eigenvalue weighted by Crippen LogP contribution is -2.60. The Morgan fingerprint density at radius 3 is 2.62 bits per heavy atom. The SMILES string of the molecule is C[C@]12CC[C@@H](O)C[C@H]1CC[C@@H]1[C@@H]2[C@@H](O)C[C@]2(C=O)[C@@H](C(=O)CO)CC[C@@H]12. The van der Waals surface area contributed by atoms with Gasteiger partial charge >= 0.3 is 0 Å². The number of hydrogen-bond donors (Lipinski definition) is 3. The predicted octanol–water partition coefficient (Wildman–Crippen LogP) is 1.72. The van der Waals surface area contributed by atoms with Crippen LogP contribution in [0.25, 0.3) is 0 Å². The molecule has 3 N–H and O–H groups in total. The van der Waals surface area contributed by atoms with Gasteiger partial charge in [0.25, 0.3) is 0 Å². The Hall–Kier alpha value is -0.780. The molecule has 4 aliphatic rings. The number of fused-ring (bicyclic) bond motifs is 5. The summed E-state index contributed by atoms with van der Waals surface area (Å²) >= 11 is 0. The molecule has 4 aliphatic carbocycles. The first-order valence-corrected chi connectivity index (χ1v) is 10.3. The first-order valence-electron chi connectivity index (χ1n) is 10.3. The predicted molar refractivity (Wildman–Crippen MR) is 95.1 cm³/mol. The first kappa shape index (κ1) is 18.6. The van der Waals surface area contributed by atoms with Gasteiger partial charge in [0.1, 0.15) is 12.9 Å². The van der Waals surface area contributed by atoms with E-state index in [-0.39, 0.29) is 35.1 Å². The van der Waals surface area contributed by atoms with Crippen molar-refractivity contribution in [3.8, 4) is 0 Å². The van der Waals surface area contributed by atoms with Crippen LogP contribution in [0.4, 0.5) is 0 Å². The Balaban J connectivity index is 1.69. The quantitative estimate of drug-likeness (QED) is 0.663. The monoisotopic (exact) mass is 364 g/mol. The fraction of sp³-hybridized carbons (Fsp3) is 0.905. The largest absolute Gasteiger partial charge is 0.393 e. The molecule has 146 valence electrons. The summed E-state index contributed by atoms with van der Waals surface area (Å²) in [7, 11) is 0. The lowest BCUT2D eigenvalue weighted by molar-refractivity contribution is -0.182. The molecular formula is C21H32O5. The lowest BCUT2D eigenvalue weighted by atomic mass is 9.43. The molecular weight excluding hydrogens is 332 g/mol. The summed E-state index contributed by atoms with van der Waals surface area (Å²) < 4.78 is 0. The van der Waals surface area contributed by atoms with E-state index in [1.165, 1.54) is 0 Å². The van der Waals surface area contributed by atoms with Crippen LogP contribution in [0, 0.1) is 40.4 Å². The van der Waals surface area contributed by atoms with Crippen LogP contribution in [0.15, 0.2) is 0 Å². The van der Waals surface area contributed by atoms with Crippen molar-refractivity contribution >= 4 is 12.1 Å². The van der Waals surface area contributed by atoms with E-state index in [1.54, 1.807) is 0 Å². The third-order valence-electron chi connectivity index (χ3n) is 8.94. The van der Waals surface area contributed by atoms with Gasteiger partial charge < -0.3 is 20.1 Å². The standard InChI is InChI=1S/C21H32O5/c1-20-7-6-13(24)8-12(20)2-3-14-15-4-5-16(18(26)10-22)21(15,11-23)9-17(25)19(14)20/h11-17,19,22,24-25H,2-10H2,1H3/t12-,13-,14+,15+,16-,17+,19-,20+,21-/m1/s1. The second-order valence-corrected chi connectivity index (χ2v) is 9.76. The van der Waals surface area contributed by atoms with E-state index >= 15 is 0 Å². The Bertz CT molecular complexity index is 591. The van der Waals surface area contributed by atoms with Crippen molar-refractivity contribution in [2.24, 2.45) is 40.4 Å². The summed E-state index contributed by atoms with van der Waals surface area (Å²) in [5, 5.41) is 30.7. The number of aldehydes is 1. The highest BCUT2D eigenvalue weighted by Gasteiger charge is 2.65. The van der Waals surface area contributed by atoms with Crippen LogP contribution in [0.3, 0.4) is 0 Å². The van der Waals surface area contributed by atoms with Gasteiger partial charge in [-0.2, -0.15) is 0 Å². The van der Waals surface area contributed by atoms with E-state index in [0.29, 0.717) is 18.8 Å². The number of ketones is 1. The second-order valence-electron chi connectivity index (χ2n) is 9.76. The molecule has 0 saturated heterocycles. The van der Waals surface area contributed by atoms with Gasteiger partial charge in [-0.15, -0.1) is 0 Å². The van der Waals surface area contributed by atoms with Crippen LogP contribution in [-0.4, -0.2) is 46.2 Å². The minimum atomic E-state index is -0.794. The van der Waals surface area contributed by atoms with Crippen molar-refractivity contribution in [1.82, 2.24) is 0 Å². The first-order chi connectivity index (χ1) is 12.4. The van der Waals surface area contributed by atoms with Gasteiger partial charge in [0, 0.05) is 11.3 Å². The molecule has 0 amide bonds. The summed E-state index contributed by atoms with van der Waals surface area (Å²) in [5.74, 6) is 0.294. The molecule has 0 aromatic heterocycles. The van der Waals surface area contributed by atoms with E-state index in [1.807, 2.05) is 0 Å². The molecule has 26 heavy (non-hydrogen) atoms. The highest BCUT2D eigenvalue weighted by atomic mass is 16.3. The molecule has 0 radical (unpaired) electrons. The molecule has 0 aromatic rings. The summed E-state index contributed by atoms with van der Waals surface area (Å²) in [4.78, 5) is 24.6. The molecule has 0 aliphatic heterocycles. The number of aliphatic hydroxyl groups excluding tert-OH is 3. The number of carbonyl (C=O) groups excluding carboxylic acids is 2. The maximum absolute atomic E-state index is 12.3. The van der Waals surface area contributed by atoms with Gasteiger partial charge in [-0.3, -0.25) is 4.79 Å². The second kappa shape index (κ2) is 6.39. The Kier molecular flexibility index (Phi) is 4.56. The van der Waals surface area contributed by atoms with Gasteiger partial charge in [-0.25, -0.2) is 0 Å². The van der Waals surface area contributed by atoms with Gasteiger partial charge in [0.2, 0.25) is 0 Å². The van der Waals surface area contributed by atoms with Crippen molar-refractivity contribution < 1.29 is 24.9 Å². The highest BCUT2D eigenvalue weighted by molar-refractivity contribution is 5.87. The van der Waals surface area contributed by atoms with Crippen LogP contribution in [0.1, 0.15) is 58.3 Å². The van der Waals surface area contributed by atoms with Crippen molar-refractivity contribution in [3.63, 3.8) is 0 Å². The van der Waals surface area contributed by atoms with Gasteiger partial charge in [-0.05, 0) is 80.5 Å². The zero-order valence-corrected chi connectivity index (χ0v) is 15.6. The fourth-order valence-corrected chi connectivity index (χ4v) is 7.85. The third kappa shape index (κ3) is 2.39. The van der Waals surface area contributed by atoms with Crippen molar-refractivity contribution in [2.75, 3.05) is 6.61 Å². The average Bonchev–Trinajstić information content (AvgIpc) is 3.00. The minimum Gasteiger partial charge on any atom is -0.393 e. The molecule has 0 aromatic carbocycles. The summed E-state index contributed by atoms with van der Waals surface area (Å²) in [6.07, 6.45) is 6.51. The minimum absolute atomic E-state index is 0.00960. The van der Waals surface area contributed by atoms with E-state index in [9.17, 15) is 24.9 Å². The van der Waals surface area contributed by atoms with Crippen molar-refractivity contribution in [1.29, 1.82) is 0 Å². The summed E-state index contributed by atoms with van der Waals surface area (Å²) in [6.45, 7) is 1.76. The molecule has 0 spiro atoms. The molecule has 4 saturated carbocycles. The lowest BCUT2D eigenvalue weighted by Gasteiger charge is -2.61. The molecule has 0 bridgehead atoms. The molecule has 0 heterocycles. The van der Waals surface area contributed by atoms with E-state index in [4.69, 9.17) is 0 Å². The van der Waals surface area contributed by atoms with Crippen LogP contribution < -0.4 is 0 Å². The van der Waals surface area contributed by atoms with Gasteiger partial charge in [0.15, 0.2) is 5.78 Å². The normalized spacial score (nSPS) is 53.3. The third-order valence-corrected chi connectivity index (χ3v) is 8.94. The van der Waals surface area contributed by atoms with Crippen LogP contribution >= 0.6 is 0 Å². The van der Waals surface area contributed by atoms with E-state index < -0.39 is 24.0 Å². The Morgan fingerprint density at radius 1 is 1.15 bits per heavy atom. The molecule has 5 nitrogen and oxygen atoms in total. The zero-order valence-electron chi connectivity index (χ0n) is 15.6. The molecule has 0 unspecified atom stereocenters. The summed E-state index contributed by atoms with van der Waals surface area (Å²) in [5.41, 5.74) is -0.784. The van der Waals surface area contributed by atoms with Crippen LogP contribution in [-0.2, 0) is 9.59 Å². The van der Waals surface area contributed by atoms with E-state index in [0.717, 1.165) is 44.8 Å². The number of carbonyl (C=O) groups is 2. The maximum atomic E-state index is 12.3. The zero-order chi connectivity index (χ0) is 18.7. The van der Waals surface area contributed by atoms with Gasteiger partial charge in [-0.1, -0.05) is 6.92 Å². The Labute approximate surface area is 155 Å². The fourth-order valence-electron chi connectivity index (χ4n) is 7.85. The number of Topliss-reactive ketones (excluding diaryl/α,β-unsaturated/α-hetero) is 1.